The average molecular weight is 319 g/mol. The van der Waals surface area contributed by atoms with E-state index in [4.69, 9.17) is 5.73 Å². The lowest BCUT2D eigenvalue weighted by molar-refractivity contribution is 1.06. The molecule has 0 fully saturated rings. The van der Waals surface area contributed by atoms with Crippen LogP contribution in [0.4, 0.5) is 5.82 Å². The fourth-order valence-electron chi connectivity index (χ4n) is 2.11. The highest BCUT2D eigenvalue weighted by Crippen LogP contribution is 2.27. The maximum atomic E-state index is 9.27. The normalized spacial score (nSPS) is 10.2. The molecule has 3 aromatic heterocycles. The number of pyridine rings is 3. The Bertz CT molecular complexity index is 858. The van der Waals surface area contributed by atoms with Gasteiger partial charge in [0, 0.05) is 29.9 Å². The van der Waals surface area contributed by atoms with E-state index in [9.17, 15) is 5.26 Å². The van der Waals surface area contributed by atoms with Gasteiger partial charge in [-0.15, -0.1) is 0 Å². The lowest BCUT2D eigenvalue weighted by Gasteiger charge is -2.08. The molecule has 0 amide bonds. The smallest absolute Gasteiger partial charge is 0.144 e. The van der Waals surface area contributed by atoms with Gasteiger partial charge in [0.2, 0.25) is 0 Å². The molecule has 23 heavy (non-hydrogen) atoms. The molecule has 112 valence electrons. The van der Waals surface area contributed by atoms with E-state index in [-0.39, 0.29) is 0 Å². The number of nitrogens with two attached hydrogens (primary N) is 1. The first-order valence-electron chi connectivity index (χ1n) is 6.93. The zero-order valence-electron chi connectivity index (χ0n) is 12.2. The molecule has 0 aliphatic carbocycles. The number of nitrogen functional groups attached to an aromatic ring is 1. The van der Waals surface area contributed by atoms with Crippen LogP contribution in [0.5, 0.6) is 0 Å². The molecule has 6 heteroatoms. The summed E-state index contributed by atoms with van der Waals surface area (Å²) in [6.07, 6.45) is 5.60. The van der Waals surface area contributed by atoms with Gasteiger partial charge in [0.1, 0.15) is 22.6 Å². The van der Waals surface area contributed by atoms with Crippen LogP contribution in [0, 0.1) is 11.3 Å². The molecule has 5 nitrogen and oxygen atoms in total. The zero-order chi connectivity index (χ0) is 16.1. The Morgan fingerprint density at radius 2 is 1.91 bits per heavy atom. The van der Waals surface area contributed by atoms with Crippen LogP contribution in [0.1, 0.15) is 16.8 Å². The van der Waals surface area contributed by atoms with E-state index < -0.39 is 0 Å². The summed E-state index contributed by atoms with van der Waals surface area (Å²) in [6, 6.07) is 13.6. The van der Waals surface area contributed by atoms with Gasteiger partial charge >= 0.3 is 0 Å². The second kappa shape index (κ2) is 6.90. The Hall–Kier alpha value is -2.91. The number of nitriles is 1. The number of aromatic nitrogens is 3. The van der Waals surface area contributed by atoms with Gasteiger partial charge in [-0.2, -0.15) is 5.26 Å². The van der Waals surface area contributed by atoms with Crippen molar-refractivity contribution in [2.45, 2.75) is 16.3 Å². The van der Waals surface area contributed by atoms with Crippen molar-refractivity contribution in [3.8, 4) is 6.07 Å². The van der Waals surface area contributed by atoms with Gasteiger partial charge in [-0.05, 0) is 35.4 Å². The second-order valence-corrected chi connectivity index (χ2v) is 5.88. The largest absolute Gasteiger partial charge is 0.383 e. The summed E-state index contributed by atoms with van der Waals surface area (Å²) >= 11 is 1.51. The van der Waals surface area contributed by atoms with E-state index in [1.165, 1.54) is 11.8 Å². The van der Waals surface area contributed by atoms with Crippen molar-refractivity contribution >= 4 is 17.6 Å². The minimum atomic E-state index is 0.402. The molecule has 0 spiro atoms. The third-order valence-corrected chi connectivity index (χ3v) is 4.12. The highest BCUT2D eigenvalue weighted by atomic mass is 32.2. The Morgan fingerprint density at radius 3 is 2.65 bits per heavy atom. The van der Waals surface area contributed by atoms with Crippen LogP contribution >= 0.6 is 11.8 Å². The summed E-state index contributed by atoms with van der Waals surface area (Å²) in [5.74, 6) is 0.471. The number of hydrogen-bond donors (Lipinski definition) is 1. The van der Waals surface area contributed by atoms with E-state index in [1.807, 2.05) is 36.4 Å². The molecule has 0 aromatic carbocycles. The number of rotatable bonds is 4. The molecular formula is C17H13N5S. The zero-order valence-corrected chi connectivity index (χ0v) is 13.0. The van der Waals surface area contributed by atoms with Crippen LogP contribution < -0.4 is 5.73 Å². The topological polar surface area (TPSA) is 88.5 Å². The summed E-state index contributed by atoms with van der Waals surface area (Å²) in [5, 5.41) is 10.1. The fourth-order valence-corrected chi connectivity index (χ4v) is 2.92. The Labute approximate surface area is 138 Å². The summed E-state index contributed by atoms with van der Waals surface area (Å²) in [4.78, 5) is 13.5. The molecule has 0 saturated heterocycles. The monoisotopic (exact) mass is 319 g/mol. The third-order valence-electron chi connectivity index (χ3n) is 3.21. The molecule has 0 atom stereocenters. The first-order valence-corrected chi connectivity index (χ1v) is 7.75. The maximum Gasteiger partial charge on any atom is 0.144 e. The maximum absolute atomic E-state index is 9.27. The second-order valence-electron chi connectivity index (χ2n) is 4.79. The number of hydrogen-bond acceptors (Lipinski definition) is 6. The molecule has 0 radical (unpaired) electrons. The van der Waals surface area contributed by atoms with Crippen molar-refractivity contribution < 1.29 is 0 Å². The van der Waals surface area contributed by atoms with Crippen LogP contribution in [0.2, 0.25) is 0 Å². The van der Waals surface area contributed by atoms with Crippen LogP contribution in [0.15, 0.2) is 64.9 Å². The highest BCUT2D eigenvalue weighted by Gasteiger charge is 2.10. The molecule has 3 rings (SSSR count). The molecular weight excluding hydrogens is 306 g/mol. The van der Waals surface area contributed by atoms with Gasteiger partial charge in [0.25, 0.3) is 0 Å². The van der Waals surface area contributed by atoms with Gasteiger partial charge in [-0.1, -0.05) is 23.9 Å². The van der Waals surface area contributed by atoms with Gasteiger partial charge in [0.05, 0.1) is 0 Å². The first kappa shape index (κ1) is 15.0. The fraction of sp³-hybridized carbons (Fsp3) is 0.0588. The lowest BCUT2D eigenvalue weighted by atomic mass is 10.0. The predicted molar refractivity (Wildman–Crippen MR) is 88.8 cm³/mol. The van der Waals surface area contributed by atoms with Gasteiger partial charge in [-0.25, -0.2) is 15.0 Å². The van der Waals surface area contributed by atoms with Gasteiger partial charge in [0.15, 0.2) is 0 Å². The summed E-state index contributed by atoms with van der Waals surface area (Å²) in [7, 11) is 0. The molecule has 0 bridgehead atoms. The van der Waals surface area contributed by atoms with E-state index in [1.54, 1.807) is 18.6 Å². The lowest BCUT2D eigenvalue weighted by Crippen LogP contribution is -2.01. The molecule has 0 unspecified atom stereocenters. The Balaban J connectivity index is 1.91. The van der Waals surface area contributed by atoms with Crippen molar-refractivity contribution in [3.63, 3.8) is 0 Å². The van der Waals surface area contributed by atoms with Gasteiger partial charge < -0.3 is 5.73 Å². The van der Waals surface area contributed by atoms with Crippen molar-refractivity contribution in [1.82, 2.24) is 15.0 Å². The standard InChI is InChI=1S/C17H13N5S/c18-10-15-13(8-12-4-3-7-21-17(12)19)9-14(11-22-15)23-16-5-1-2-6-20-16/h1-7,9,11H,8H2,(H2,19,21). The summed E-state index contributed by atoms with van der Waals surface area (Å²) in [6.45, 7) is 0. The summed E-state index contributed by atoms with van der Waals surface area (Å²) in [5.41, 5.74) is 8.00. The quantitative estimate of drug-likeness (QED) is 0.795. The Kier molecular flexibility index (Phi) is 4.50. The van der Waals surface area contributed by atoms with E-state index in [2.05, 4.69) is 21.0 Å². The minimum Gasteiger partial charge on any atom is -0.383 e. The third kappa shape index (κ3) is 3.65. The van der Waals surface area contributed by atoms with E-state index in [0.717, 1.165) is 21.0 Å². The Morgan fingerprint density at radius 1 is 1.04 bits per heavy atom. The van der Waals surface area contributed by atoms with Crippen molar-refractivity contribution in [1.29, 1.82) is 5.26 Å². The van der Waals surface area contributed by atoms with Crippen LogP contribution in [-0.2, 0) is 6.42 Å². The van der Waals surface area contributed by atoms with Crippen LogP contribution in [0.25, 0.3) is 0 Å². The molecule has 0 aliphatic rings. The summed E-state index contributed by atoms with van der Waals surface area (Å²) < 4.78 is 0. The average Bonchev–Trinajstić information content (AvgIpc) is 2.58. The van der Waals surface area contributed by atoms with E-state index >= 15 is 0 Å². The van der Waals surface area contributed by atoms with Gasteiger partial charge in [-0.3, -0.25) is 0 Å². The highest BCUT2D eigenvalue weighted by molar-refractivity contribution is 7.99. The minimum absolute atomic E-state index is 0.402. The van der Waals surface area contributed by atoms with Crippen LogP contribution in [-0.4, -0.2) is 15.0 Å². The first-order chi connectivity index (χ1) is 11.3. The SMILES string of the molecule is N#Cc1ncc(Sc2ccccn2)cc1Cc1cccnc1N. The van der Waals surface area contributed by atoms with Crippen molar-refractivity contribution in [3.05, 3.63) is 71.8 Å². The molecule has 2 N–H and O–H groups in total. The molecule has 0 saturated carbocycles. The van der Waals surface area contributed by atoms with Crippen LogP contribution in [0.3, 0.4) is 0 Å². The predicted octanol–water partition coefficient (Wildman–Crippen LogP) is 3.07. The van der Waals surface area contributed by atoms with E-state index in [0.29, 0.717) is 17.9 Å². The number of nitrogens with zero attached hydrogens (tertiary/aromatic N) is 4. The number of anilines is 1. The molecule has 3 heterocycles. The van der Waals surface area contributed by atoms with Crippen molar-refractivity contribution in [2.75, 3.05) is 5.73 Å². The molecule has 0 aliphatic heterocycles. The molecule has 3 aromatic rings. The van der Waals surface area contributed by atoms with Crippen molar-refractivity contribution in [2.24, 2.45) is 0 Å².